The van der Waals surface area contributed by atoms with Gasteiger partial charge in [-0.3, -0.25) is 9.59 Å². The number of hydrogen-bond donors (Lipinski definition) is 1. The van der Waals surface area contributed by atoms with Crippen LogP contribution >= 0.6 is 24.0 Å². The lowest BCUT2D eigenvalue weighted by molar-refractivity contribution is -0.124. The molecule has 1 saturated heterocycles. The van der Waals surface area contributed by atoms with E-state index < -0.39 is 0 Å². The third kappa shape index (κ3) is 3.89. The first kappa shape index (κ1) is 18.5. The van der Waals surface area contributed by atoms with Crippen molar-refractivity contribution in [2.75, 3.05) is 18.1 Å². The fourth-order valence-electron chi connectivity index (χ4n) is 4.00. The van der Waals surface area contributed by atoms with Gasteiger partial charge >= 0.3 is 0 Å². The van der Waals surface area contributed by atoms with Crippen molar-refractivity contribution in [3.05, 3.63) is 28.7 Å². The normalized spacial score (nSPS) is 26.6. The number of benzene rings is 1. The van der Waals surface area contributed by atoms with Crippen LogP contribution in [0.2, 0.25) is 0 Å². The number of nitrogens with one attached hydrogen (secondary N) is 1. The Morgan fingerprint density at radius 1 is 1.41 bits per heavy atom. The van der Waals surface area contributed by atoms with Gasteiger partial charge in [-0.1, -0.05) is 49.8 Å². The number of anilines is 1. The smallest absolute Gasteiger partial charge is 0.263 e. The fourth-order valence-corrected chi connectivity index (χ4v) is 5.05. The van der Waals surface area contributed by atoms with Crippen molar-refractivity contribution < 1.29 is 14.3 Å². The molecule has 2 heterocycles. The van der Waals surface area contributed by atoms with Crippen LogP contribution in [-0.2, 0) is 9.59 Å². The van der Waals surface area contributed by atoms with Gasteiger partial charge in [-0.25, -0.2) is 0 Å². The molecule has 0 radical (unpaired) electrons. The number of rotatable bonds is 2. The van der Waals surface area contributed by atoms with Gasteiger partial charge in [0.2, 0.25) is 5.91 Å². The molecular weight excluding hydrogens is 380 g/mol. The van der Waals surface area contributed by atoms with E-state index >= 15 is 0 Å². The molecule has 2 aliphatic heterocycles. The molecule has 1 aliphatic carbocycles. The van der Waals surface area contributed by atoms with Crippen molar-refractivity contribution in [3.8, 4) is 5.75 Å². The van der Waals surface area contributed by atoms with Crippen LogP contribution in [0.1, 0.15) is 38.2 Å². The second kappa shape index (κ2) is 7.64. The SMILES string of the molecule is CC1CCCC(C(=O)N2CCOc3ccc(/C=C4\SC(=S)NC4=O)cc32)C1. The Kier molecular flexibility index (Phi) is 5.23. The summed E-state index contributed by atoms with van der Waals surface area (Å²) in [5.74, 6) is 1.44. The summed E-state index contributed by atoms with van der Waals surface area (Å²) in [6.07, 6.45) is 6.06. The molecule has 1 N–H and O–H groups in total. The lowest BCUT2D eigenvalue weighted by atomic mass is 9.81. The number of ether oxygens (including phenoxy) is 1. The summed E-state index contributed by atoms with van der Waals surface area (Å²) in [5.41, 5.74) is 1.65. The van der Waals surface area contributed by atoms with Crippen molar-refractivity contribution in [1.82, 2.24) is 5.32 Å². The van der Waals surface area contributed by atoms with E-state index in [-0.39, 0.29) is 17.7 Å². The summed E-state index contributed by atoms with van der Waals surface area (Å²) in [4.78, 5) is 27.5. The van der Waals surface area contributed by atoms with Gasteiger partial charge in [0.1, 0.15) is 16.7 Å². The predicted octanol–water partition coefficient (Wildman–Crippen LogP) is 3.73. The van der Waals surface area contributed by atoms with Crippen LogP contribution in [0.3, 0.4) is 0 Å². The summed E-state index contributed by atoms with van der Waals surface area (Å²) in [6.45, 7) is 3.30. The van der Waals surface area contributed by atoms with Gasteiger partial charge in [-0.15, -0.1) is 0 Å². The van der Waals surface area contributed by atoms with Crippen LogP contribution in [0.25, 0.3) is 6.08 Å². The standard InChI is InChI=1S/C20H22N2O3S2/c1-12-3-2-4-14(9-12)19(24)22-7-8-25-16-6-5-13(10-15(16)22)11-17-18(23)21-20(26)27-17/h5-6,10-12,14H,2-4,7-9H2,1H3,(H,21,23,26)/b17-11-. The van der Waals surface area contributed by atoms with Crippen LogP contribution in [0.4, 0.5) is 5.69 Å². The molecule has 27 heavy (non-hydrogen) atoms. The molecule has 2 atom stereocenters. The van der Waals surface area contributed by atoms with Gasteiger partial charge in [0, 0.05) is 5.92 Å². The largest absolute Gasteiger partial charge is 0.490 e. The average molecular weight is 403 g/mol. The van der Waals surface area contributed by atoms with Crippen molar-refractivity contribution in [3.63, 3.8) is 0 Å². The molecule has 1 aromatic rings. The third-order valence-electron chi connectivity index (χ3n) is 5.34. The molecule has 0 bridgehead atoms. The number of carbonyl (C=O) groups excluding carboxylic acids is 2. The number of fused-ring (bicyclic) bond motifs is 1. The van der Waals surface area contributed by atoms with E-state index in [4.69, 9.17) is 17.0 Å². The Balaban J connectivity index is 1.61. The minimum atomic E-state index is -0.178. The Morgan fingerprint density at radius 2 is 2.26 bits per heavy atom. The highest BCUT2D eigenvalue weighted by Gasteiger charge is 2.32. The van der Waals surface area contributed by atoms with E-state index in [1.54, 1.807) is 6.08 Å². The quantitative estimate of drug-likeness (QED) is 0.603. The second-order valence-electron chi connectivity index (χ2n) is 7.39. The molecule has 142 valence electrons. The Morgan fingerprint density at radius 3 is 3.00 bits per heavy atom. The van der Waals surface area contributed by atoms with Crippen LogP contribution in [0.15, 0.2) is 23.1 Å². The maximum absolute atomic E-state index is 13.2. The summed E-state index contributed by atoms with van der Waals surface area (Å²) in [6, 6.07) is 5.71. The number of nitrogens with zero attached hydrogens (tertiary/aromatic N) is 1. The number of thioether (sulfide) groups is 1. The van der Waals surface area contributed by atoms with E-state index in [0.29, 0.717) is 28.3 Å². The van der Waals surface area contributed by atoms with Gasteiger partial charge in [0.15, 0.2) is 0 Å². The zero-order chi connectivity index (χ0) is 19.0. The van der Waals surface area contributed by atoms with E-state index in [9.17, 15) is 9.59 Å². The lowest BCUT2D eigenvalue weighted by Crippen LogP contribution is -2.42. The molecule has 7 heteroatoms. The van der Waals surface area contributed by atoms with Gasteiger partial charge in [0.05, 0.1) is 17.1 Å². The minimum Gasteiger partial charge on any atom is -0.490 e. The average Bonchev–Trinajstić information content (AvgIpc) is 2.97. The maximum atomic E-state index is 13.2. The van der Waals surface area contributed by atoms with Crippen molar-refractivity contribution >= 4 is 51.9 Å². The predicted molar refractivity (Wildman–Crippen MR) is 112 cm³/mol. The van der Waals surface area contributed by atoms with Crippen LogP contribution in [-0.4, -0.2) is 29.3 Å². The monoisotopic (exact) mass is 402 g/mol. The zero-order valence-electron chi connectivity index (χ0n) is 15.2. The second-order valence-corrected chi connectivity index (χ2v) is 9.11. The molecule has 4 rings (SSSR count). The van der Waals surface area contributed by atoms with Gasteiger partial charge in [-0.05, 0) is 42.5 Å². The highest BCUT2D eigenvalue weighted by Crippen LogP contribution is 2.37. The molecule has 1 aromatic carbocycles. The van der Waals surface area contributed by atoms with Crippen molar-refractivity contribution in [2.24, 2.45) is 11.8 Å². The van der Waals surface area contributed by atoms with Crippen LogP contribution < -0.4 is 15.0 Å². The molecule has 0 spiro atoms. The first-order valence-corrected chi connectivity index (χ1v) is 10.6. The van der Waals surface area contributed by atoms with Crippen LogP contribution in [0.5, 0.6) is 5.75 Å². The molecule has 1 saturated carbocycles. The number of amides is 2. The molecule has 2 fully saturated rings. The Labute approximate surface area is 168 Å². The molecule has 0 aromatic heterocycles. The zero-order valence-corrected chi connectivity index (χ0v) is 16.8. The number of carbonyl (C=O) groups is 2. The molecular formula is C20H22N2O3S2. The van der Waals surface area contributed by atoms with Gasteiger partial charge in [-0.2, -0.15) is 0 Å². The summed E-state index contributed by atoms with van der Waals surface area (Å²) in [5, 5.41) is 2.62. The molecule has 5 nitrogen and oxygen atoms in total. The first-order chi connectivity index (χ1) is 13.0. The van der Waals surface area contributed by atoms with Crippen molar-refractivity contribution in [1.29, 1.82) is 0 Å². The first-order valence-electron chi connectivity index (χ1n) is 9.34. The highest BCUT2D eigenvalue weighted by molar-refractivity contribution is 8.26. The number of thiocarbonyl (C=S) groups is 1. The van der Waals surface area contributed by atoms with E-state index in [1.807, 2.05) is 23.1 Å². The Hall–Kier alpha value is -1.86. The summed E-state index contributed by atoms with van der Waals surface area (Å²) >= 11 is 6.29. The lowest BCUT2D eigenvalue weighted by Gasteiger charge is -2.34. The fraction of sp³-hybridized carbons (Fsp3) is 0.450. The summed E-state index contributed by atoms with van der Waals surface area (Å²) in [7, 11) is 0. The van der Waals surface area contributed by atoms with Gasteiger partial charge < -0.3 is 15.0 Å². The Bertz CT molecular complexity index is 837. The van der Waals surface area contributed by atoms with Crippen LogP contribution in [0, 0.1) is 11.8 Å². The molecule has 2 unspecified atom stereocenters. The van der Waals surface area contributed by atoms with E-state index in [2.05, 4.69) is 12.2 Å². The topological polar surface area (TPSA) is 58.6 Å². The van der Waals surface area contributed by atoms with Gasteiger partial charge in [0.25, 0.3) is 5.91 Å². The van der Waals surface area contributed by atoms with Crippen molar-refractivity contribution in [2.45, 2.75) is 32.6 Å². The molecule has 3 aliphatic rings. The minimum absolute atomic E-state index is 0.0928. The molecule has 2 amide bonds. The van der Waals surface area contributed by atoms with E-state index in [0.717, 1.165) is 36.3 Å². The third-order valence-corrected chi connectivity index (χ3v) is 6.50. The number of hydrogen-bond acceptors (Lipinski definition) is 5. The maximum Gasteiger partial charge on any atom is 0.263 e. The highest BCUT2D eigenvalue weighted by atomic mass is 32.2. The van der Waals surface area contributed by atoms with E-state index in [1.165, 1.54) is 18.2 Å². The summed E-state index contributed by atoms with van der Waals surface area (Å²) < 4.78 is 6.22.